The van der Waals surface area contributed by atoms with E-state index in [1.807, 2.05) is 0 Å². The van der Waals surface area contributed by atoms with Gasteiger partial charge in [0.15, 0.2) is 11.5 Å². The van der Waals surface area contributed by atoms with Gasteiger partial charge in [-0.1, -0.05) is 83.6 Å². The molecule has 0 aliphatic heterocycles. The molecule has 0 aromatic heterocycles. The van der Waals surface area contributed by atoms with Crippen molar-refractivity contribution in [1.29, 1.82) is 0 Å². The molecule has 0 aliphatic rings. The van der Waals surface area contributed by atoms with Gasteiger partial charge in [-0.15, -0.1) is 0 Å². The molecule has 0 radical (unpaired) electrons. The lowest BCUT2D eigenvalue weighted by molar-refractivity contribution is -0.452. The molecule has 0 amide bonds. The van der Waals surface area contributed by atoms with Crippen LogP contribution in [0.4, 0.5) is 4.79 Å². The lowest BCUT2D eigenvalue weighted by Gasteiger charge is -2.10. The van der Waals surface area contributed by atoms with Crippen LogP contribution in [0.3, 0.4) is 0 Å². The number of ether oxygens (including phenoxy) is 3. The van der Waals surface area contributed by atoms with Crippen LogP contribution in [-0.4, -0.2) is 33.0 Å². The molecule has 1 aromatic carbocycles. The Morgan fingerprint density at radius 2 is 1.34 bits per heavy atom. The monoisotopic (exact) mass is 454 g/mol. The maximum absolute atomic E-state index is 12.0. The molecule has 0 atom stereocenters. The van der Waals surface area contributed by atoms with Crippen molar-refractivity contribution in [1.82, 2.24) is 0 Å². The molecule has 0 bridgehead atoms. The first-order valence-corrected chi connectivity index (χ1v) is 11.6. The first-order chi connectivity index (χ1) is 15.6. The Balaban J connectivity index is 2.03. The van der Waals surface area contributed by atoms with Crippen LogP contribution in [0.2, 0.25) is 0 Å². The number of carbonyl (C=O) groups excluding carboxylic acids is 2. The zero-order valence-electron chi connectivity index (χ0n) is 19.7. The summed E-state index contributed by atoms with van der Waals surface area (Å²) in [6.07, 6.45) is 13.6. The van der Waals surface area contributed by atoms with Crippen molar-refractivity contribution in [2.45, 2.75) is 84.0 Å². The summed E-state index contributed by atoms with van der Waals surface area (Å²) in [5.41, 5.74) is 0.0558. The molecular weight excluding hydrogens is 416 g/mol. The summed E-state index contributed by atoms with van der Waals surface area (Å²) in [6.45, 7) is 2.46. The molecule has 32 heavy (non-hydrogen) atoms. The molecular formula is C24H38O8. The SMILES string of the molecule is CCCCCCCCCCCCCCOC(=O)OOOC(=O)c1cccc(OC)c1OC. The summed E-state index contributed by atoms with van der Waals surface area (Å²) >= 11 is 0. The van der Waals surface area contributed by atoms with Gasteiger partial charge in [0.25, 0.3) is 0 Å². The van der Waals surface area contributed by atoms with E-state index in [4.69, 9.17) is 14.2 Å². The average molecular weight is 455 g/mol. The third kappa shape index (κ3) is 11.8. The zero-order valence-corrected chi connectivity index (χ0v) is 19.7. The van der Waals surface area contributed by atoms with Crippen molar-refractivity contribution in [3.05, 3.63) is 23.8 Å². The maximum Gasteiger partial charge on any atom is 0.543 e. The van der Waals surface area contributed by atoms with Gasteiger partial charge in [-0.3, -0.25) is 4.89 Å². The van der Waals surface area contributed by atoms with Crippen molar-refractivity contribution in [3.8, 4) is 11.5 Å². The van der Waals surface area contributed by atoms with E-state index in [9.17, 15) is 9.59 Å². The number of hydrogen-bond acceptors (Lipinski definition) is 8. The van der Waals surface area contributed by atoms with Gasteiger partial charge >= 0.3 is 12.1 Å². The number of methoxy groups -OCH3 is 2. The Morgan fingerprint density at radius 1 is 0.750 bits per heavy atom. The van der Waals surface area contributed by atoms with Crippen LogP contribution in [0.15, 0.2) is 18.2 Å². The van der Waals surface area contributed by atoms with E-state index >= 15 is 0 Å². The number of hydrogen-bond donors (Lipinski definition) is 0. The molecule has 8 nitrogen and oxygen atoms in total. The number of benzene rings is 1. The van der Waals surface area contributed by atoms with Gasteiger partial charge < -0.3 is 14.2 Å². The third-order valence-electron chi connectivity index (χ3n) is 5.05. The van der Waals surface area contributed by atoms with E-state index in [1.54, 1.807) is 12.1 Å². The molecule has 1 rings (SSSR count). The summed E-state index contributed by atoms with van der Waals surface area (Å²) in [7, 11) is 2.83. The second kappa shape index (κ2) is 18.1. The maximum atomic E-state index is 12.0. The van der Waals surface area contributed by atoms with Crippen LogP contribution in [0.25, 0.3) is 0 Å². The fourth-order valence-corrected chi connectivity index (χ4v) is 3.29. The Bertz CT molecular complexity index is 647. The highest BCUT2D eigenvalue weighted by Crippen LogP contribution is 2.31. The van der Waals surface area contributed by atoms with Crippen LogP contribution in [0, 0.1) is 0 Å². The normalized spacial score (nSPS) is 10.5. The first-order valence-electron chi connectivity index (χ1n) is 11.6. The molecule has 1 aromatic rings. The van der Waals surface area contributed by atoms with E-state index in [-0.39, 0.29) is 17.9 Å². The summed E-state index contributed by atoms with van der Waals surface area (Å²) in [4.78, 5) is 32.3. The van der Waals surface area contributed by atoms with Crippen molar-refractivity contribution in [2.24, 2.45) is 0 Å². The van der Waals surface area contributed by atoms with Gasteiger partial charge in [-0.25, -0.2) is 14.5 Å². The predicted molar refractivity (Wildman–Crippen MR) is 120 cm³/mol. The lowest BCUT2D eigenvalue weighted by atomic mass is 10.1. The quantitative estimate of drug-likeness (QED) is 0.107. The number of unbranched alkanes of at least 4 members (excludes halogenated alkanes) is 11. The fourth-order valence-electron chi connectivity index (χ4n) is 3.29. The number of carbonyl (C=O) groups is 2. The number of rotatable bonds is 18. The largest absolute Gasteiger partial charge is 0.543 e. The smallest absolute Gasteiger partial charge is 0.493 e. The van der Waals surface area contributed by atoms with Gasteiger partial charge in [0.1, 0.15) is 5.56 Å². The Labute approximate surface area is 191 Å². The first kappa shape index (κ1) is 27.6. The van der Waals surface area contributed by atoms with E-state index in [0.717, 1.165) is 19.3 Å². The highest BCUT2D eigenvalue weighted by molar-refractivity contribution is 5.93. The standard InChI is InChI=1S/C24H38O8/c1-4-5-6-7-8-9-10-11-12-13-14-15-19-29-24(26)31-32-30-23(25)20-17-16-18-21(27-2)22(20)28-3/h16-18H,4-15,19H2,1-3H3. The van der Waals surface area contributed by atoms with Crippen molar-refractivity contribution in [2.75, 3.05) is 20.8 Å². The number of para-hydroxylation sites is 1. The van der Waals surface area contributed by atoms with E-state index < -0.39 is 12.1 Å². The van der Waals surface area contributed by atoms with E-state index in [0.29, 0.717) is 5.75 Å². The van der Waals surface area contributed by atoms with Crippen molar-refractivity contribution in [3.63, 3.8) is 0 Å². The van der Waals surface area contributed by atoms with Crippen molar-refractivity contribution >= 4 is 12.1 Å². The fraction of sp³-hybridized carbons (Fsp3) is 0.667. The van der Waals surface area contributed by atoms with Crippen molar-refractivity contribution < 1.29 is 38.6 Å². The second-order valence-electron chi connectivity index (χ2n) is 7.55. The molecule has 0 heterocycles. The molecule has 0 aliphatic carbocycles. The summed E-state index contributed by atoms with van der Waals surface area (Å²) < 4.78 is 15.1. The summed E-state index contributed by atoms with van der Waals surface area (Å²) in [6, 6.07) is 4.67. The molecule has 0 fully saturated rings. The van der Waals surface area contributed by atoms with Crippen LogP contribution in [-0.2, 0) is 19.6 Å². The third-order valence-corrected chi connectivity index (χ3v) is 5.05. The van der Waals surface area contributed by atoms with Gasteiger partial charge in [0.2, 0.25) is 0 Å². The Hall–Kier alpha value is -2.48. The minimum atomic E-state index is -1.07. The zero-order chi connectivity index (χ0) is 23.4. The minimum absolute atomic E-state index is 0.0558. The van der Waals surface area contributed by atoms with Crippen LogP contribution in [0.1, 0.15) is 94.3 Å². The highest BCUT2D eigenvalue weighted by Gasteiger charge is 2.19. The van der Waals surface area contributed by atoms with Crippen LogP contribution < -0.4 is 9.47 Å². The van der Waals surface area contributed by atoms with Crippen LogP contribution >= 0.6 is 0 Å². The van der Waals surface area contributed by atoms with E-state index in [1.165, 1.54) is 78.1 Å². The molecule has 0 saturated carbocycles. The Morgan fingerprint density at radius 3 is 1.91 bits per heavy atom. The molecule has 8 heteroatoms. The summed E-state index contributed by atoms with van der Waals surface area (Å²) in [5, 5.41) is 4.23. The molecule has 182 valence electrons. The molecule has 0 unspecified atom stereocenters. The van der Waals surface area contributed by atoms with Crippen LogP contribution in [0.5, 0.6) is 11.5 Å². The Kier molecular flexibility index (Phi) is 15.6. The topological polar surface area (TPSA) is 89.5 Å². The predicted octanol–water partition coefficient (Wildman–Crippen LogP) is 6.56. The molecule has 0 spiro atoms. The summed E-state index contributed by atoms with van der Waals surface area (Å²) in [5.74, 6) is -0.377. The van der Waals surface area contributed by atoms with Gasteiger partial charge in [0.05, 0.1) is 25.9 Å². The second-order valence-corrected chi connectivity index (χ2v) is 7.55. The minimum Gasteiger partial charge on any atom is -0.493 e. The molecule has 0 N–H and O–H groups in total. The average Bonchev–Trinajstić information content (AvgIpc) is 2.81. The molecule has 0 saturated heterocycles. The lowest BCUT2D eigenvalue weighted by Crippen LogP contribution is -2.13. The van der Waals surface area contributed by atoms with Gasteiger partial charge in [0, 0.05) is 0 Å². The van der Waals surface area contributed by atoms with Gasteiger partial charge in [-0.05, 0) is 18.6 Å². The van der Waals surface area contributed by atoms with Gasteiger partial charge in [-0.2, -0.15) is 0 Å². The highest BCUT2D eigenvalue weighted by atomic mass is 17.5. The van der Waals surface area contributed by atoms with E-state index in [2.05, 4.69) is 21.7 Å².